The normalized spacial score (nSPS) is 11.7. The second-order valence-corrected chi connectivity index (χ2v) is 5.72. The number of benzene rings is 1. The van der Waals surface area contributed by atoms with Crippen LogP contribution in [-0.2, 0) is 6.42 Å². The Morgan fingerprint density at radius 1 is 1.38 bits per heavy atom. The molecule has 13 heavy (non-hydrogen) atoms. The van der Waals surface area contributed by atoms with Crippen molar-refractivity contribution in [2.75, 3.05) is 6.26 Å². The maximum absolute atomic E-state index is 5.91. The molecule has 0 nitrogen and oxygen atoms in total. The Bertz CT molecular complexity index is 281. The number of halogens is 1. The first-order valence-corrected chi connectivity index (χ1v) is 5.93. The molecule has 0 aliphatic carbocycles. The van der Waals surface area contributed by atoms with Crippen molar-refractivity contribution in [3.63, 3.8) is 0 Å². The first-order valence-electron chi connectivity index (χ1n) is 4.33. The molecule has 0 aliphatic heterocycles. The molecule has 0 saturated carbocycles. The van der Waals surface area contributed by atoms with Gasteiger partial charge in [-0.25, -0.2) is 0 Å². The van der Waals surface area contributed by atoms with Crippen molar-refractivity contribution < 1.29 is 0 Å². The molecule has 72 valence electrons. The third kappa shape index (κ3) is 3.61. The molecule has 0 spiro atoms. The summed E-state index contributed by atoms with van der Waals surface area (Å²) in [6.07, 6.45) is 3.21. The summed E-state index contributed by atoms with van der Waals surface area (Å²) < 4.78 is 0.296. The van der Waals surface area contributed by atoms with E-state index in [0.717, 1.165) is 11.4 Å². The SMILES string of the molecule is CSC(C)(C)Cc1cccc(Cl)c1. The van der Waals surface area contributed by atoms with Gasteiger partial charge in [-0.1, -0.05) is 37.6 Å². The minimum Gasteiger partial charge on any atom is -0.159 e. The standard InChI is InChI=1S/C11H15ClS/c1-11(2,13-3)8-9-5-4-6-10(12)7-9/h4-7H,8H2,1-3H3. The van der Waals surface area contributed by atoms with Crippen molar-refractivity contribution in [1.82, 2.24) is 0 Å². The van der Waals surface area contributed by atoms with E-state index in [2.05, 4.69) is 26.2 Å². The Kier molecular flexibility index (Phi) is 3.69. The third-order valence-corrected chi connectivity index (χ3v) is 3.56. The molecule has 0 aromatic heterocycles. The van der Waals surface area contributed by atoms with E-state index < -0.39 is 0 Å². The van der Waals surface area contributed by atoms with Crippen LogP contribution in [0.2, 0.25) is 5.02 Å². The Labute approximate surface area is 89.7 Å². The average molecular weight is 215 g/mol. The lowest BCUT2D eigenvalue weighted by Crippen LogP contribution is -2.17. The van der Waals surface area contributed by atoms with Crippen LogP contribution in [0.1, 0.15) is 19.4 Å². The van der Waals surface area contributed by atoms with Crippen LogP contribution in [0.4, 0.5) is 0 Å². The van der Waals surface area contributed by atoms with Gasteiger partial charge in [0.2, 0.25) is 0 Å². The van der Waals surface area contributed by atoms with Crippen LogP contribution in [0, 0.1) is 0 Å². The topological polar surface area (TPSA) is 0 Å². The quantitative estimate of drug-likeness (QED) is 0.733. The van der Waals surface area contributed by atoms with Gasteiger partial charge < -0.3 is 0 Å². The van der Waals surface area contributed by atoms with E-state index in [1.54, 1.807) is 0 Å². The molecular formula is C11H15ClS. The van der Waals surface area contributed by atoms with E-state index in [4.69, 9.17) is 11.6 Å². The van der Waals surface area contributed by atoms with Gasteiger partial charge in [-0.2, -0.15) is 11.8 Å². The van der Waals surface area contributed by atoms with Gasteiger partial charge in [0, 0.05) is 9.77 Å². The fourth-order valence-corrected chi connectivity index (χ4v) is 1.73. The van der Waals surface area contributed by atoms with Crippen molar-refractivity contribution in [2.45, 2.75) is 25.0 Å². The van der Waals surface area contributed by atoms with Crippen LogP contribution in [-0.4, -0.2) is 11.0 Å². The fourth-order valence-electron chi connectivity index (χ4n) is 1.21. The highest BCUT2D eigenvalue weighted by Gasteiger charge is 2.16. The predicted molar refractivity (Wildman–Crippen MR) is 62.8 cm³/mol. The predicted octanol–water partition coefficient (Wildman–Crippen LogP) is 4.02. The molecule has 1 aromatic rings. The highest BCUT2D eigenvalue weighted by molar-refractivity contribution is 7.99. The summed E-state index contributed by atoms with van der Waals surface area (Å²) >= 11 is 7.79. The van der Waals surface area contributed by atoms with Crippen molar-refractivity contribution in [2.24, 2.45) is 0 Å². The van der Waals surface area contributed by atoms with Crippen LogP contribution in [0.5, 0.6) is 0 Å². The van der Waals surface area contributed by atoms with Crippen molar-refractivity contribution in [3.05, 3.63) is 34.9 Å². The zero-order valence-electron chi connectivity index (χ0n) is 8.30. The van der Waals surface area contributed by atoms with E-state index in [1.807, 2.05) is 30.0 Å². The molecule has 1 rings (SSSR count). The molecule has 0 bridgehead atoms. The highest BCUT2D eigenvalue weighted by atomic mass is 35.5. The van der Waals surface area contributed by atoms with Crippen molar-refractivity contribution >= 4 is 23.4 Å². The van der Waals surface area contributed by atoms with Gasteiger partial charge in [0.25, 0.3) is 0 Å². The van der Waals surface area contributed by atoms with Gasteiger partial charge in [-0.05, 0) is 30.4 Å². The van der Waals surface area contributed by atoms with E-state index >= 15 is 0 Å². The molecule has 0 atom stereocenters. The molecule has 0 radical (unpaired) electrons. The molecule has 0 N–H and O–H groups in total. The maximum Gasteiger partial charge on any atom is 0.0408 e. The van der Waals surface area contributed by atoms with Gasteiger partial charge in [-0.15, -0.1) is 0 Å². The summed E-state index contributed by atoms with van der Waals surface area (Å²) in [7, 11) is 0. The summed E-state index contributed by atoms with van der Waals surface area (Å²) in [4.78, 5) is 0. The van der Waals surface area contributed by atoms with Gasteiger partial charge >= 0.3 is 0 Å². The monoisotopic (exact) mass is 214 g/mol. The molecule has 0 saturated heterocycles. The van der Waals surface area contributed by atoms with Crippen LogP contribution in [0.25, 0.3) is 0 Å². The average Bonchev–Trinajstić information content (AvgIpc) is 2.03. The van der Waals surface area contributed by atoms with Crippen molar-refractivity contribution in [3.8, 4) is 0 Å². The molecule has 0 unspecified atom stereocenters. The summed E-state index contributed by atoms with van der Waals surface area (Å²) in [5.74, 6) is 0. The zero-order chi connectivity index (χ0) is 9.90. The van der Waals surface area contributed by atoms with Crippen LogP contribution < -0.4 is 0 Å². The molecule has 0 fully saturated rings. The van der Waals surface area contributed by atoms with Gasteiger partial charge in [0.05, 0.1) is 0 Å². The zero-order valence-corrected chi connectivity index (χ0v) is 9.88. The number of thioether (sulfide) groups is 1. The smallest absolute Gasteiger partial charge is 0.0408 e. The minimum absolute atomic E-state index is 0.296. The first-order chi connectivity index (χ1) is 6.03. The lowest BCUT2D eigenvalue weighted by molar-refractivity contribution is 0.710. The second kappa shape index (κ2) is 4.39. The largest absolute Gasteiger partial charge is 0.159 e. The molecule has 0 amide bonds. The molecule has 0 aliphatic rings. The highest BCUT2D eigenvalue weighted by Crippen LogP contribution is 2.26. The Morgan fingerprint density at radius 2 is 2.08 bits per heavy atom. The van der Waals surface area contributed by atoms with Gasteiger partial charge in [-0.3, -0.25) is 0 Å². The Hall–Kier alpha value is -0.140. The van der Waals surface area contributed by atoms with Crippen LogP contribution in [0.15, 0.2) is 24.3 Å². The Balaban J connectivity index is 2.74. The first kappa shape index (κ1) is 10.9. The lowest BCUT2D eigenvalue weighted by atomic mass is 10.0. The van der Waals surface area contributed by atoms with E-state index in [-0.39, 0.29) is 0 Å². The number of rotatable bonds is 3. The number of hydrogen-bond donors (Lipinski definition) is 0. The molecular weight excluding hydrogens is 200 g/mol. The van der Waals surface area contributed by atoms with E-state index in [0.29, 0.717) is 4.75 Å². The van der Waals surface area contributed by atoms with Crippen molar-refractivity contribution in [1.29, 1.82) is 0 Å². The fraction of sp³-hybridized carbons (Fsp3) is 0.455. The minimum atomic E-state index is 0.296. The van der Waals surface area contributed by atoms with Crippen LogP contribution >= 0.6 is 23.4 Å². The second-order valence-electron chi connectivity index (χ2n) is 3.77. The lowest BCUT2D eigenvalue weighted by Gasteiger charge is -2.21. The summed E-state index contributed by atoms with van der Waals surface area (Å²) in [6, 6.07) is 8.09. The van der Waals surface area contributed by atoms with E-state index in [9.17, 15) is 0 Å². The van der Waals surface area contributed by atoms with Gasteiger partial charge in [0.1, 0.15) is 0 Å². The molecule has 2 heteroatoms. The Morgan fingerprint density at radius 3 is 2.62 bits per heavy atom. The molecule has 0 heterocycles. The third-order valence-electron chi connectivity index (χ3n) is 2.07. The summed E-state index contributed by atoms with van der Waals surface area (Å²) in [5, 5.41) is 0.828. The maximum atomic E-state index is 5.91. The van der Waals surface area contributed by atoms with E-state index in [1.165, 1.54) is 5.56 Å². The van der Waals surface area contributed by atoms with Gasteiger partial charge in [0.15, 0.2) is 0 Å². The summed E-state index contributed by atoms with van der Waals surface area (Å²) in [5.41, 5.74) is 1.31. The summed E-state index contributed by atoms with van der Waals surface area (Å²) in [6.45, 7) is 4.50. The molecule has 1 aromatic carbocycles. The number of hydrogen-bond acceptors (Lipinski definition) is 1. The van der Waals surface area contributed by atoms with Crippen LogP contribution in [0.3, 0.4) is 0 Å².